The first-order valence-corrected chi connectivity index (χ1v) is 7.87. The zero-order valence-corrected chi connectivity index (χ0v) is 13.7. The molecule has 0 saturated carbocycles. The highest BCUT2D eigenvalue weighted by molar-refractivity contribution is 5.44. The van der Waals surface area contributed by atoms with Gasteiger partial charge in [-0.05, 0) is 72.0 Å². The molecule has 0 heteroatoms. The quantitative estimate of drug-likeness (QED) is 0.508. The van der Waals surface area contributed by atoms with Crippen LogP contribution in [-0.2, 0) is 0 Å². The van der Waals surface area contributed by atoms with E-state index < -0.39 is 0 Å². The molecule has 0 heterocycles. The number of unbranched alkanes of at least 4 members (excludes halogenated alkanes) is 6. The Morgan fingerprint density at radius 2 is 0.727 bits per heavy atom. The fourth-order valence-corrected chi connectivity index (χ4v) is 1.39. The Bertz CT molecular complexity index is 591. The van der Waals surface area contributed by atoms with Gasteiger partial charge >= 0.3 is 0 Å². The van der Waals surface area contributed by atoms with Gasteiger partial charge in [-0.25, -0.2) is 0 Å². The standard InChI is InChI=1S/C22H22/c1-3-5-7-9-11-13-15-17-19-21-22-20-18-16-14-12-10-8-6-4-2/h3-10H2,1-2H3. The second kappa shape index (κ2) is 18.4. The first-order chi connectivity index (χ1) is 10.9. The average molecular weight is 286 g/mol. The summed E-state index contributed by atoms with van der Waals surface area (Å²) in [5.74, 6) is 32.7. The highest BCUT2D eigenvalue weighted by Gasteiger charge is 1.79. The fourth-order valence-electron chi connectivity index (χ4n) is 1.39. The highest BCUT2D eigenvalue weighted by atomic mass is 13.8. The van der Waals surface area contributed by atoms with Crippen LogP contribution in [0.1, 0.15) is 65.2 Å². The summed E-state index contributed by atoms with van der Waals surface area (Å²) in [4.78, 5) is 0. The van der Waals surface area contributed by atoms with E-state index in [2.05, 4.69) is 84.9 Å². The van der Waals surface area contributed by atoms with Crippen molar-refractivity contribution in [1.82, 2.24) is 0 Å². The number of hydrogen-bond acceptors (Lipinski definition) is 0. The van der Waals surface area contributed by atoms with Gasteiger partial charge in [-0.2, -0.15) is 0 Å². The van der Waals surface area contributed by atoms with E-state index in [9.17, 15) is 0 Å². The van der Waals surface area contributed by atoms with Crippen LogP contribution in [0.3, 0.4) is 0 Å². The minimum absolute atomic E-state index is 0.908. The third-order valence-electron chi connectivity index (χ3n) is 2.55. The van der Waals surface area contributed by atoms with Crippen LogP contribution in [0.2, 0.25) is 0 Å². The van der Waals surface area contributed by atoms with Crippen LogP contribution in [0.4, 0.5) is 0 Å². The number of hydrogen-bond donors (Lipinski definition) is 0. The van der Waals surface area contributed by atoms with E-state index in [0.29, 0.717) is 0 Å². The molecule has 0 aliphatic carbocycles. The van der Waals surface area contributed by atoms with Crippen molar-refractivity contribution in [3.05, 3.63) is 0 Å². The van der Waals surface area contributed by atoms with Crippen molar-refractivity contribution >= 4 is 0 Å². The van der Waals surface area contributed by atoms with Crippen molar-refractivity contribution in [3.8, 4) is 71.0 Å². The van der Waals surface area contributed by atoms with Gasteiger partial charge in [-0.15, -0.1) is 0 Å². The van der Waals surface area contributed by atoms with Gasteiger partial charge in [0.2, 0.25) is 0 Å². The maximum atomic E-state index is 3.00. The largest absolute Gasteiger partial charge is 0.0891 e. The molecule has 0 aromatic heterocycles. The van der Waals surface area contributed by atoms with Crippen LogP contribution in [0, 0.1) is 71.0 Å². The SMILES string of the molecule is CCCCCC#CC#CC#CC#CC#CC#CCCCCC. The molecule has 0 radical (unpaired) electrons. The molecule has 110 valence electrons. The first kappa shape index (κ1) is 19.4. The molecule has 0 saturated heterocycles. The van der Waals surface area contributed by atoms with Crippen molar-refractivity contribution in [2.45, 2.75) is 65.2 Å². The van der Waals surface area contributed by atoms with E-state index in [4.69, 9.17) is 0 Å². The molecule has 0 unspecified atom stereocenters. The molecule has 0 aromatic rings. The lowest BCUT2D eigenvalue weighted by Gasteiger charge is -1.86. The molecule has 0 fully saturated rings. The Morgan fingerprint density at radius 3 is 1.05 bits per heavy atom. The monoisotopic (exact) mass is 286 g/mol. The Hall–Kier alpha value is -2.64. The van der Waals surface area contributed by atoms with Gasteiger partial charge in [-0.3, -0.25) is 0 Å². The second-order valence-electron chi connectivity index (χ2n) is 4.52. The van der Waals surface area contributed by atoms with Crippen molar-refractivity contribution in [2.24, 2.45) is 0 Å². The Kier molecular flexibility index (Phi) is 16.2. The summed E-state index contributed by atoms with van der Waals surface area (Å²) in [5, 5.41) is 0. The number of rotatable bonds is 6. The van der Waals surface area contributed by atoms with Gasteiger partial charge in [0.15, 0.2) is 0 Å². The summed E-state index contributed by atoms with van der Waals surface area (Å²) in [6, 6.07) is 0. The van der Waals surface area contributed by atoms with Gasteiger partial charge in [0.05, 0.1) is 0 Å². The minimum Gasteiger partial charge on any atom is -0.0891 e. The molecular formula is C22H22. The van der Waals surface area contributed by atoms with Gasteiger partial charge in [0.25, 0.3) is 0 Å². The molecule has 0 aliphatic rings. The highest BCUT2D eigenvalue weighted by Crippen LogP contribution is 1.96. The summed E-state index contributed by atoms with van der Waals surface area (Å²) in [6.07, 6.45) is 8.97. The van der Waals surface area contributed by atoms with E-state index >= 15 is 0 Å². The van der Waals surface area contributed by atoms with Crippen LogP contribution in [0.15, 0.2) is 0 Å². The van der Waals surface area contributed by atoms with Gasteiger partial charge in [-0.1, -0.05) is 51.4 Å². The molecule has 0 nitrogen and oxygen atoms in total. The van der Waals surface area contributed by atoms with Crippen LogP contribution < -0.4 is 0 Å². The zero-order chi connectivity index (χ0) is 16.1. The van der Waals surface area contributed by atoms with Crippen LogP contribution in [0.5, 0.6) is 0 Å². The second-order valence-corrected chi connectivity index (χ2v) is 4.52. The summed E-state index contributed by atoms with van der Waals surface area (Å²) in [5.41, 5.74) is 0. The third kappa shape index (κ3) is 17.4. The van der Waals surface area contributed by atoms with Crippen molar-refractivity contribution in [3.63, 3.8) is 0 Å². The van der Waals surface area contributed by atoms with Gasteiger partial charge in [0, 0.05) is 12.8 Å². The van der Waals surface area contributed by atoms with Crippen molar-refractivity contribution < 1.29 is 0 Å². The molecule has 0 N–H and O–H groups in total. The topological polar surface area (TPSA) is 0 Å². The molecule has 0 atom stereocenters. The predicted molar refractivity (Wildman–Crippen MR) is 94.9 cm³/mol. The lowest BCUT2D eigenvalue weighted by atomic mass is 10.2. The van der Waals surface area contributed by atoms with Crippen LogP contribution >= 0.6 is 0 Å². The molecule has 0 aromatic carbocycles. The molecule has 0 aliphatic heterocycles. The first-order valence-electron chi connectivity index (χ1n) is 7.87. The Morgan fingerprint density at radius 1 is 0.409 bits per heavy atom. The summed E-state index contributed by atoms with van der Waals surface area (Å²) in [6.45, 7) is 4.35. The lowest BCUT2D eigenvalue weighted by Crippen LogP contribution is -1.70. The maximum Gasteiger partial charge on any atom is 0.00989 e. The molecule has 0 rings (SSSR count). The van der Waals surface area contributed by atoms with E-state index in [1.165, 1.54) is 25.7 Å². The van der Waals surface area contributed by atoms with Gasteiger partial charge in [0.1, 0.15) is 0 Å². The fraction of sp³-hybridized carbons (Fsp3) is 0.455. The molecule has 0 amide bonds. The third-order valence-corrected chi connectivity index (χ3v) is 2.55. The summed E-state index contributed by atoms with van der Waals surface area (Å²) in [7, 11) is 0. The van der Waals surface area contributed by atoms with E-state index in [1.54, 1.807) is 0 Å². The van der Waals surface area contributed by atoms with E-state index in [1.807, 2.05) is 0 Å². The smallest absolute Gasteiger partial charge is 0.00989 e. The van der Waals surface area contributed by atoms with Gasteiger partial charge < -0.3 is 0 Å². The Labute approximate surface area is 136 Å². The lowest BCUT2D eigenvalue weighted by molar-refractivity contribution is 0.737. The summed E-state index contributed by atoms with van der Waals surface area (Å²) < 4.78 is 0. The van der Waals surface area contributed by atoms with E-state index in [-0.39, 0.29) is 0 Å². The predicted octanol–water partition coefficient (Wildman–Crippen LogP) is 4.17. The Balaban J connectivity index is 3.94. The normalized spacial score (nSPS) is 6.82. The van der Waals surface area contributed by atoms with E-state index in [0.717, 1.165) is 25.7 Å². The van der Waals surface area contributed by atoms with Crippen LogP contribution in [-0.4, -0.2) is 0 Å². The molecule has 0 bridgehead atoms. The van der Waals surface area contributed by atoms with Crippen LogP contribution in [0.25, 0.3) is 0 Å². The molecule has 0 spiro atoms. The van der Waals surface area contributed by atoms with Crippen molar-refractivity contribution in [2.75, 3.05) is 0 Å². The maximum absolute atomic E-state index is 3.00. The average Bonchev–Trinajstić information content (AvgIpc) is 2.54. The summed E-state index contributed by atoms with van der Waals surface area (Å²) >= 11 is 0. The van der Waals surface area contributed by atoms with Crippen molar-refractivity contribution in [1.29, 1.82) is 0 Å². The zero-order valence-electron chi connectivity index (χ0n) is 13.7. The molecular weight excluding hydrogens is 264 g/mol. The minimum atomic E-state index is 0.908. The molecule has 22 heavy (non-hydrogen) atoms.